The number of nitrogens with one attached hydrogen (secondary N) is 1. The summed E-state index contributed by atoms with van der Waals surface area (Å²) in [5.41, 5.74) is 17.6. The van der Waals surface area contributed by atoms with E-state index < -0.39 is 0 Å². The summed E-state index contributed by atoms with van der Waals surface area (Å²) >= 11 is 0. The smallest absolute Gasteiger partial charge is 0.0534 e. The molecular weight excluding hydrogens is 893 g/mol. The van der Waals surface area contributed by atoms with E-state index in [-0.39, 0.29) is 12.1 Å². The van der Waals surface area contributed by atoms with E-state index in [4.69, 9.17) is 6.58 Å². The number of para-hydroxylation sites is 1. The summed E-state index contributed by atoms with van der Waals surface area (Å²) in [6.45, 7) is 26.1. The molecule has 0 amide bonds. The van der Waals surface area contributed by atoms with Crippen molar-refractivity contribution in [2.75, 3.05) is 4.90 Å². The third-order valence-electron chi connectivity index (χ3n) is 13.9. The molecule has 2 unspecified atom stereocenters. The van der Waals surface area contributed by atoms with Gasteiger partial charge in [0.25, 0.3) is 0 Å². The molecule has 74 heavy (non-hydrogen) atoms. The Labute approximate surface area is 444 Å². The maximum Gasteiger partial charge on any atom is 0.0534 e. The molecular formula is C72H78N2. The minimum absolute atomic E-state index is 0.125. The van der Waals surface area contributed by atoms with E-state index in [0.29, 0.717) is 0 Å². The zero-order valence-electron chi connectivity index (χ0n) is 45.8. The first-order valence-electron chi connectivity index (χ1n) is 27.2. The molecule has 1 aliphatic heterocycles. The first kappa shape index (κ1) is 54.3. The molecule has 0 saturated heterocycles. The van der Waals surface area contributed by atoms with Crippen LogP contribution in [-0.4, -0.2) is 0 Å². The van der Waals surface area contributed by atoms with Gasteiger partial charge in [-0.2, -0.15) is 0 Å². The number of fused-ring (bicyclic) bond motifs is 4. The summed E-state index contributed by atoms with van der Waals surface area (Å²) in [4.78, 5) is 2.41. The van der Waals surface area contributed by atoms with Gasteiger partial charge in [0.1, 0.15) is 0 Å². The van der Waals surface area contributed by atoms with E-state index in [1.165, 1.54) is 94.4 Å². The van der Waals surface area contributed by atoms with E-state index >= 15 is 0 Å². The Morgan fingerprint density at radius 1 is 0.608 bits per heavy atom. The van der Waals surface area contributed by atoms with Crippen molar-refractivity contribution in [3.63, 3.8) is 0 Å². The Hall–Kier alpha value is -7.52. The standard InChI is InChI=1S/C55H50N2.C7H8.C6H8.2C2H6/c1-6-17-44-34-52(41-19-8-9-20-41)48-24-12-14-26-50(48)55(44)51-32-36(2)45-22-15-16-27-53(45)57(35-37(51)3)54-31-30-46(47-23-11-13-25-49(47)54)39(5)56-38(4)42-29-28-40-18-7-10-21-43(40)33-42;1-7-5-3-2-4-6-7;1-6-4-2-3-5-6;2*1-2/h7-8,10-16,18-35,38-39,56H,2,6,9,17H2,1,3-5H3;2-6H,1H3;2-4H,5H2,1H3;2*1-2H3/b37-35-,51-32+;;;;. The number of aryl methyl sites for hydroxylation is 2. The number of allylic oxidation sites excluding steroid dienone is 12. The van der Waals surface area contributed by atoms with Crippen molar-refractivity contribution in [2.24, 2.45) is 0 Å². The summed E-state index contributed by atoms with van der Waals surface area (Å²) in [7, 11) is 0. The number of hydrogen-bond acceptors (Lipinski definition) is 2. The van der Waals surface area contributed by atoms with Gasteiger partial charge in [-0.25, -0.2) is 0 Å². The second-order valence-corrected chi connectivity index (χ2v) is 19.1. The molecule has 3 aliphatic rings. The quantitative estimate of drug-likeness (QED) is 0.155. The third kappa shape index (κ3) is 12.6. The monoisotopic (exact) mass is 971 g/mol. The highest BCUT2D eigenvalue weighted by Gasteiger charge is 2.24. The first-order valence-corrected chi connectivity index (χ1v) is 27.2. The van der Waals surface area contributed by atoms with Crippen molar-refractivity contribution in [1.29, 1.82) is 0 Å². The van der Waals surface area contributed by atoms with Crippen LogP contribution in [0.25, 0.3) is 49.0 Å². The molecule has 2 aliphatic carbocycles. The second-order valence-electron chi connectivity index (χ2n) is 19.1. The molecule has 1 heterocycles. The highest BCUT2D eigenvalue weighted by atomic mass is 15.1. The van der Waals surface area contributed by atoms with Gasteiger partial charge in [0.05, 0.1) is 11.4 Å². The summed E-state index contributed by atoms with van der Waals surface area (Å²) in [5, 5.41) is 11.5. The molecule has 0 aromatic heterocycles. The molecule has 0 fully saturated rings. The predicted octanol–water partition coefficient (Wildman–Crippen LogP) is 20.9. The van der Waals surface area contributed by atoms with Gasteiger partial charge in [-0.3, -0.25) is 0 Å². The van der Waals surface area contributed by atoms with E-state index in [9.17, 15) is 0 Å². The number of hydrogen-bond donors (Lipinski definition) is 1. The lowest BCUT2D eigenvalue weighted by atomic mass is 9.83. The molecule has 8 aromatic carbocycles. The highest BCUT2D eigenvalue weighted by molar-refractivity contribution is 6.08. The van der Waals surface area contributed by atoms with E-state index in [2.05, 4.69) is 246 Å². The fourth-order valence-electron chi connectivity index (χ4n) is 10.3. The first-order chi connectivity index (χ1) is 36.2. The topological polar surface area (TPSA) is 15.3 Å². The average molecular weight is 971 g/mol. The largest absolute Gasteiger partial charge is 0.316 e. The molecule has 376 valence electrons. The number of nitrogens with zero attached hydrogens (tertiary/aromatic N) is 1. The van der Waals surface area contributed by atoms with Crippen molar-refractivity contribution >= 4 is 60.4 Å². The second kappa shape index (κ2) is 26.4. The van der Waals surface area contributed by atoms with Crippen LogP contribution in [0.2, 0.25) is 0 Å². The van der Waals surface area contributed by atoms with Gasteiger partial charge in [0, 0.05) is 29.2 Å². The SMILES string of the molecule is C=C1/C=C(c2c(CCC)cc(C3=CCC=C3)c3ccccc23)\C(C)=C/N(c2ccc(C(C)NC(C)c3ccc4ccccc4c3)c3ccccc23)c2ccccc21.CC.CC.CC1=CC=CC1.Cc1ccccc1. The predicted molar refractivity (Wildman–Crippen MR) is 328 cm³/mol. The third-order valence-corrected chi connectivity index (χ3v) is 13.9. The Bertz CT molecular complexity index is 3390. The average Bonchev–Trinajstić information content (AvgIpc) is 4.18. The van der Waals surface area contributed by atoms with Gasteiger partial charge >= 0.3 is 0 Å². The van der Waals surface area contributed by atoms with Crippen LogP contribution >= 0.6 is 0 Å². The summed E-state index contributed by atoms with van der Waals surface area (Å²) < 4.78 is 0. The molecule has 0 saturated carbocycles. The summed E-state index contributed by atoms with van der Waals surface area (Å²) in [5.74, 6) is 0. The molecule has 0 radical (unpaired) electrons. The van der Waals surface area contributed by atoms with Crippen LogP contribution in [0.5, 0.6) is 0 Å². The molecule has 2 atom stereocenters. The minimum Gasteiger partial charge on any atom is -0.316 e. The fourth-order valence-corrected chi connectivity index (χ4v) is 10.3. The summed E-state index contributed by atoms with van der Waals surface area (Å²) in [6, 6.07) is 59.7. The van der Waals surface area contributed by atoms with Gasteiger partial charge in [-0.1, -0.05) is 235 Å². The lowest BCUT2D eigenvalue weighted by Gasteiger charge is -2.30. The van der Waals surface area contributed by atoms with Gasteiger partial charge in [0.15, 0.2) is 0 Å². The Morgan fingerprint density at radius 2 is 1.27 bits per heavy atom. The Kier molecular flexibility index (Phi) is 19.4. The van der Waals surface area contributed by atoms with Gasteiger partial charge in [-0.15, -0.1) is 0 Å². The number of benzene rings is 8. The van der Waals surface area contributed by atoms with Crippen molar-refractivity contribution in [3.05, 3.63) is 269 Å². The summed E-state index contributed by atoms with van der Waals surface area (Å²) in [6.07, 6.45) is 22.2. The van der Waals surface area contributed by atoms with Crippen LogP contribution in [0, 0.1) is 6.92 Å². The van der Waals surface area contributed by atoms with Crippen molar-refractivity contribution in [3.8, 4) is 0 Å². The zero-order valence-corrected chi connectivity index (χ0v) is 45.8. The van der Waals surface area contributed by atoms with Gasteiger partial charge < -0.3 is 10.2 Å². The number of anilines is 2. The molecule has 2 heteroatoms. The molecule has 11 rings (SSSR count). The van der Waals surface area contributed by atoms with Crippen LogP contribution in [-0.2, 0) is 6.42 Å². The number of rotatable bonds is 9. The highest BCUT2D eigenvalue weighted by Crippen LogP contribution is 2.45. The van der Waals surface area contributed by atoms with Crippen molar-refractivity contribution in [1.82, 2.24) is 5.32 Å². The van der Waals surface area contributed by atoms with Gasteiger partial charge in [-0.05, 0) is 161 Å². The van der Waals surface area contributed by atoms with Crippen LogP contribution in [0.4, 0.5) is 11.4 Å². The Morgan fingerprint density at radius 3 is 1.92 bits per heavy atom. The molecule has 8 aromatic rings. The van der Waals surface area contributed by atoms with Crippen molar-refractivity contribution in [2.45, 2.75) is 107 Å². The minimum atomic E-state index is 0.125. The lowest BCUT2D eigenvalue weighted by molar-refractivity contribution is 0.497. The normalized spacial score (nSPS) is 15.6. The van der Waals surface area contributed by atoms with Crippen LogP contribution in [0.1, 0.15) is 133 Å². The zero-order chi connectivity index (χ0) is 52.6. The van der Waals surface area contributed by atoms with Crippen molar-refractivity contribution < 1.29 is 0 Å². The Balaban J connectivity index is 0.000000404. The van der Waals surface area contributed by atoms with E-state index in [1.54, 1.807) is 0 Å². The maximum atomic E-state index is 4.74. The maximum absolute atomic E-state index is 4.74. The van der Waals surface area contributed by atoms with Crippen LogP contribution in [0.15, 0.2) is 230 Å². The van der Waals surface area contributed by atoms with Crippen LogP contribution in [0.3, 0.4) is 0 Å². The van der Waals surface area contributed by atoms with E-state index in [1.807, 2.05) is 45.9 Å². The molecule has 0 spiro atoms. The fraction of sp³-hybridized carbons (Fsp3) is 0.222. The molecule has 0 bridgehead atoms. The molecule has 2 nitrogen and oxygen atoms in total. The van der Waals surface area contributed by atoms with Crippen LogP contribution < -0.4 is 10.2 Å². The van der Waals surface area contributed by atoms with Gasteiger partial charge in [0.2, 0.25) is 0 Å². The lowest BCUT2D eigenvalue weighted by Crippen LogP contribution is -2.23. The molecule has 1 N–H and O–H groups in total. The van der Waals surface area contributed by atoms with E-state index in [0.717, 1.165) is 41.8 Å².